The van der Waals surface area contributed by atoms with E-state index in [2.05, 4.69) is 21.2 Å². The third kappa shape index (κ3) is 2.88. The minimum Gasteiger partial charge on any atom is -0.378 e. The number of aryl methyl sites for hydroxylation is 1. The average molecular weight is 312 g/mol. The van der Waals surface area contributed by atoms with Crippen molar-refractivity contribution < 1.29 is 8.78 Å². The normalized spacial score (nSPS) is 10.4. The number of hydrogen-bond acceptors (Lipinski definition) is 1. The van der Waals surface area contributed by atoms with Gasteiger partial charge < -0.3 is 5.32 Å². The molecule has 0 aliphatic heterocycles. The second kappa shape index (κ2) is 5.48. The first kappa shape index (κ1) is 13.0. The summed E-state index contributed by atoms with van der Waals surface area (Å²) in [5.41, 5.74) is 1.91. The summed E-state index contributed by atoms with van der Waals surface area (Å²) in [4.78, 5) is 0. The van der Waals surface area contributed by atoms with Gasteiger partial charge in [-0.05, 0) is 52.2 Å². The molecule has 2 rings (SSSR count). The van der Waals surface area contributed by atoms with E-state index >= 15 is 0 Å². The van der Waals surface area contributed by atoms with Gasteiger partial charge in [0.1, 0.15) is 11.6 Å². The molecule has 1 nitrogen and oxygen atoms in total. The molecule has 0 aromatic heterocycles. The number of para-hydroxylation sites is 1. The quantitative estimate of drug-likeness (QED) is 0.870. The van der Waals surface area contributed by atoms with Gasteiger partial charge in [-0.3, -0.25) is 0 Å². The predicted molar refractivity (Wildman–Crippen MR) is 72.6 cm³/mol. The van der Waals surface area contributed by atoms with E-state index in [-0.39, 0.29) is 11.6 Å². The number of rotatable bonds is 3. The number of nitrogens with one attached hydrogen (secondary N) is 1. The van der Waals surface area contributed by atoms with Crippen molar-refractivity contribution in [2.75, 3.05) is 5.32 Å². The highest BCUT2D eigenvalue weighted by atomic mass is 79.9. The van der Waals surface area contributed by atoms with Gasteiger partial charge in [0.05, 0.1) is 5.69 Å². The number of hydrogen-bond donors (Lipinski definition) is 1. The molecule has 4 heteroatoms. The predicted octanol–water partition coefficient (Wildman–Crippen LogP) is 4.65. The first-order chi connectivity index (χ1) is 8.58. The van der Waals surface area contributed by atoms with Crippen molar-refractivity contribution in [3.63, 3.8) is 0 Å². The zero-order chi connectivity index (χ0) is 13.1. The molecule has 0 spiro atoms. The Bertz CT molecular complexity index is 549. The summed E-state index contributed by atoms with van der Waals surface area (Å²) < 4.78 is 27.3. The van der Waals surface area contributed by atoms with Crippen molar-refractivity contribution in [3.8, 4) is 0 Å². The molecule has 0 bridgehead atoms. The molecule has 0 saturated heterocycles. The summed E-state index contributed by atoms with van der Waals surface area (Å²) in [5, 5.41) is 3.00. The van der Waals surface area contributed by atoms with E-state index < -0.39 is 0 Å². The largest absolute Gasteiger partial charge is 0.378 e. The Morgan fingerprint density at radius 2 is 1.89 bits per heavy atom. The molecule has 0 radical (unpaired) electrons. The van der Waals surface area contributed by atoms with Crippen LogP contribution in [0.25, 0.3) is 0 Å². The molecule has 0 aliphatic rings. The Labute approximate surface area is 113 Å². The Balaban J connectivity index is 2.14. The lowest BCUT2D eigenvalue weighted by Gasteiger charge is -2.10. The van der Waals surface area contributed by atoms with Crippen LogP contribution in [0.3, 0.4) is 0 Å². The third-order valence-corrected chi connectivity index (χ3v) is 3.32. The van der Waals surface area contributed by atoms with E-state index in [1.54, 1.807) is 31.2 Å². The first-order valence-electron chi connectivity index (χ1n) is 5.51. The lowest BCUT2D eigenvalue weighted by Crippen LogP contribution is -2.02. The fourth-order valence-electron chi connectivity index (χ4n) is 1.67. The molecule has 0 fully saturated rings. The molecule has 2 aromatic rings. The molecule has 0 saturated carbocycles. The van der Waals surface area contributed by atoms with E-state index in [1.807, 2.05) is 0 Å². The second-order valence-electron chi connectivity index (χ2n) is 4.03. The van der Waals surface area contributed by atoms with Gasteiger partial charge in [-0.25, -0.2) is 8.78 Å². The van der Waals surface area contributed by atoms with Crippen molar-refractivity contribution >= 4 is 21.6 Å². The van der Waals surface area contributed by atoms with Gasteiger partial charge in [0.15, 0.2) is 0 Å². The lowest BCUT2D eigenvalue weighted by atomic mass is 10.1. The van der Waals surface area contributed by atoms with Gasteiger partial charge >= 0.3 is 0 Å². The van der Waals surface area contributed by atoms with E-state index in [9.17, 15) is 8.78 Å². The Morgan fingerprint density at radius 1 is 1.11 bits per heavy atom. The van der Waals surface area contributed by atoms with Crippen LogP contribution in [0.2, 0.25) is 0 Å². The summed E-state index contributed by atoms with van der Waals surface area (Å²) >= 11 is 3.28. The van der Waals surface area contributed by atoms with Crippen molar-refractivity contribution in [2.45, 2.75) is 13.5 Å². The Hall–Kier alpha value is -1.42. The fraction of sp³-hybridized carbons (Fsp3) is 0.143. The van der Waals surface area contributed by atoms with E-state index in [1.165, 1.54) is 12.1 Å². The summed E-state index contributed by atoms with van der Waals surface area (Å²) in [5.74, 6) is -0.547. The third-order valence-electron chi connectivity index (χ3n) is 2.65. The van der Waals surface area contributed by atoms with Crippen LogP contribution in [0.4, 0.5) is 14.5 Å². The van der Waals surface area contributed by atoms with E-state index in [0.29, 0.717) is 22.3 Å². The van der Waals surface area contributed by atoms with Crippen molar-refractivity contribution in [1.82, 2.24) is 0 Å². The number of benzene rings is 2. The topological polar surface area (TPSA) is 12.0 Å². The highest BCUT2D eigenvalue weighted by Crippen LogP contribution is 2.25. The molecule has 1 N–H and O–H groups in total. The van der Waals surface area contributed by atoms with Crippen molar-refractivity contribution in [3.05, 3.63) is 63.6 Å². The van der Waals surface area contributed by atoms with Gasteiger partial charge in [0, 0.05) is 11.0 Å². The highest BCUT2D eigenvalue weighted by Gasteiger charge is 2.06. The summed E-state index contributed by atoms with van der Waals surface area (Å²) in [6, 6.07) is 9.64. The highest BCUT2D eigenvalue weighted by molar-refractivity contribution is 9.10. The molecule has 0 atom stereocenters. The SMILES string of the molecule is Cc1cc(CNc2c(F)cccc2Br)ccc1F. The van der Waals surface area contributed by atoms with Gasteiger partial charge in [0.25, 0.3) is 0 Å². The van der Waals surface area contributed by atoms with Crippen LogP contribution in [-0.2, 0) is 6.54 Å². The molecule has 0 heterocycles. The second-order valence-corrected chi connectivity index (χ2v) is 4.89. The zero-order valence-corrected chi connectivity index (χ0v) is 11.4. The number of anilines is 1. The molecular formula is C14H12BrF2N. The fourth-order valence-corrected chi connectivity index (χ4v) is 2.16. The maximum absolute atomic E-state index is 13.5. The minimum atomic E-state index is -0.316. The standard InChI is InChI=1S/C14H12BrF2N/c1-9-7-10(5-6-12(9)16)8-18-14-11(15)3-2-4-13(14)17/h2-7,18H,8H2,1H3. The summed E-state index contributed by atoms with van der Waals surface area (Å²) in [6.45, 7) is 2.15. The van der Waals surface area contributed by atoms with Gasteiger partial charge in [-0.2, -0.15) is 0 Å². The molecule has 94 valence electrons. The molecule has 18 heavy (non-hydrogen) atoms. The smallest absolute Gasteiger partial charge is 0.147 e. The molecular weight excluding hydrogens is 300 g/mol. The van der Waals surface area contributed by atoms with Crippen LogP contribution < -0.4 is 5.32 Å². The van der Waals surface area contributed by atoms with E-state index in [0.717, 1.165) is 5.56 Å². The molecule has 2 aromatic carbocycles. The van der Waals surface area contributed by atoms with Crippen molar-refractivity contribution in [2.24, 2.45) is 0 Å². The van der Waals surface area contributed by atoms with Crippen LogP contribution in [0.5, 0.6) is 0 Å². The molecule has 0 unspecified atom stereocenters. The zero-order valence-electron chi connectivity index (χ0n) is 9.81. The van der Waals surface area contributed by atoms with Crippen LogP contribution in [0.15, 0.2) is 40.9 Å². The Morgan fingerprint density at radius 3 is 2.56 bits per heavy atom. The van der Waals surface area contributed by atoms with Crippen LogP contribution in [-0.4, -0.2) is 0 Å². The van der Waals surface area contributed by atoms with E-state index in [4.69, 9.17) is 0 Å². The van der Waals surface area contributed by atoms with Crippen LogP contribution >= 0.6 is 15.9 Å². The lowest BCUT2D eigenvalue weighted by molar-refractivity contribution is 0.617. The van der Waals surface area contributed by atoms with Gasteiger partial charge in [0.2, 0.25) is 0 Å². The maximum Gasteiger partial charge on any atom is 0.147 e. The van der Waals surface area contributed by atoms with Gasteiger partial charge in [-0.1, -0.05) is 18.2 Å². The minimum absolute atomic E-state index is 0.231. The van der Waals surface area contributed by atoms with Crippen molar-refractivity contribution in [1.29, 1.82) is 0 Å². The van der Waals surface area contributed by atoms with Crippen LogP contribution in [0.1, 0.15) is 11.1 Å². The number of halogens is 3. The van der Waals surface area contributed by atoms with Gasteiger partial charge in [-0.15, -0.1) is 0 Å². The molecule has 0 aliphatic carbocycles. The maximum atomic E-state index is 13.5. The average Bonchev–Trinajstić information content (AvgIpc) is 2.33. The first-order valence-corrected chi connectivity index (χ1v) is 6.30. The monoisotopic (exact) mass is 311 g/mol. The Kier molecular flexibility index (Phi) is 3.97. The summed E-state index contributed by atoms with van der Waals surface area (Å²) in [7, 11) is 0. The summed E-state index contributed by atoms with van der Waals surface area (Å²) in [6.07, 6.45) is 0. The molecule has 0 amide bonds. The van der Waals surface area contributed by atoms with Crippen LogP contribution in [0, 0.1) is 18.6 Å².